The van der Waals surface area contributed by atoms with Crippen LogP contribution in [0.25, 0.3) is 11.0 Å². The van der Waals surface area contributed by atoms with Crippen LogP contribution in [-0.2, 0) is 13.0 Å². The zero-order valence-electron chi connectivity index (χ0n) is 15.0. The Bertz CT molecular complexity index is 794. The summed E-state index contributed by atoms with van der Waals surface area (Å²) in [5.74, 6) is 2.56. The first kappa shape index (κ1) is 17.3. The molecule has 132 valence electrons. The van der Waals surface area contributed by atoms with Gasteiger partial charge in [0.05, 0.1) is 24.2 Å². The van der Waals surface area contributed by atoms with Crippen LogP contribution in [0.2, 0.25) is 0 Å². The summed E-state index contributed by atoms with van der Waals surface area (Å²) in [4.78, 5) is 7.94. The summed E-state index contributed by atoms with van der Waals surface area (Å²) < 4.78 is 11.2. The highest BCUT2D eigenvalue weighted by Gasteiger charge is 2.07. The van der Waals surface area contributed by atoms with E-state index in [1.807, 2.05) is 50.2 Å². The summed E-state index contributed by atoms with van der Waals surface area (Å²) in [5.41, 5.74) is 3.27. The Kier molecular flexibility index (Phi) is 5.56. The molecular formula is C20H25N3O2. The van der Waals surface area contributed by atoms with E-state index in [-0.39, 0.29) is 6.10 Å². The maximum atomic E-state index is 5.75. The highest BCUT2D eigenvalue weighted by atomic mass is 16.5. The SMILES string of the molecule is COc1cc(CNCCc2nc3ccccc3[nH]2)ccc1OC(C)C. The van der Waals surface area contributed by atoms with Gasteiger partial charge in [-0.05, 0) is 43.7 Å². The van der Waals surface area contributed by atoms with Crippen molar-refractivity contribution in [2.75, 3.05) is 13.7 Å². The summed E-state index contributed by atoms with van der Waals surface area (Å²) in [6.07, 6.45) is 0.988. The molecule has 3 rings (SSSR count). The Morgan fingerprint density at radius 3 is 2.72 bits per heavy atom. The van der Waals surface area contributed by atoms with E-state index in [1.165, 1.54) is 0 Å². The monoisotopic (exact) mass is 339 g/mol. The van der Waals surface area contributed by atoms with Crippen molar-refractivity contribution in [3.8, 4) is 11.5 Å². The lowest BCUT2D eigenvalue weighted by molar-refractivity contribution is 0.230. The maximum absolute atomic E-state index is 5.75. The molecule has 0 amide bonds. The average Bonchev–Trinajstić information content (AvgIpc) is 3.02. The minimum atomic E-state index is 0.127. The predicted molar refractivity (Wildman–Crippen MR) is 100 cm³/mol. The molecule has 2 N–H and O–H groups in total. The molecule has 5 nitrogen and oxygen atoms in total. The number of fused-ring (bicyclic) bond motifs is 1. The van der Waals surface area contributed by atoms with Crippen molar-refractivity contribution in [1.29, 1.82) is 0 Å². The summed E-state index contributed by atoms with van der Waals surface area (Å²) in [5, 5.41) is 3.45. The van der Waals surface area contributed by atoms with Gasteiger partial charge in [-0.15, -0.1) is 0 Å². The van der Waals surface area contributed by atoms with Crippen LogP contribution in [0.15, 0.2) is 42.5 Å². The molecular weight excluding hydrogens is 314 g/mol. The second kappa shape index (κ2) is 8.03. The number of benzene rings is 2. The molecule has 3 aromatic rings. The Balaban J connectivity index is 1.53. The van der Waals surface area contributed by atoms with Crippen LogP contribution in [0.1, 0.15) is 25.2 Å². The van der Waals surface area contributed by atoms with Crippen LogP contribution in [-0.4, -0.2) is 29.7 Å². The van der Waals surface area contributed by atoms with Crippen LogP contribution in [0.4, 0.5) is 0 Å². The summed E-state index contributed by atoms with van der Waals surface area (Å²) in [6, 6.07) is 14.1. The lowest BCUT2D eigenvalue weighted by atomic mass is 10.2. The highest BCUT2D eigenvalue weighted by Crippen LogP contribution is 2.28. The number of rotatable bonds is 8. The minimum Gasteiger partial charge on any atom is -0.493 e. The first-order valence-electron chi connectivity index (χ1n) is 8.63. The number of nitrogens with zero attached hydrogens (tertiary/aromatic N) is 1. The summed E-state index contributed by atoms with van der Waals surface area (Å²) in [7, 11) is 1.67. The van der Waals surface area contributed by atoms with Crippen molar-refractivity contribution in [2.45, 2.75) is 32.9 Å². The quantitative estimate of drug-likeness (QED) is 0.615. The lowest BCUT2D eigenvalue weighted by Crippen LogP contribution is -2.17. The van der Waals surface area contributed by atoms with Gasteiger partial charge in [0.1, 0.15) is 5.82 Å². The molecule has 0 saturated heterocycles. The van der Waals surface area contributed by atoms with Crippen molar-refractivity contribution < 1.29 is 9.47 Å². The van der Waals surface area contributed by atoms with Crippen LogP contribution in [0.5, 0.6) is 11.5 Å². The van der Waals surface area contributed by atoms with Crippen LogP contribution < -0.4 is 14.8 Å². The number of ether oxygens (including phenoxy) is 2. The number of imidazole rings is 1. The van der Waals surface area contributed by atoms with E-state index in [2.05, 4.69) is 21.4 Å². The molecule has 0 unspecified atom stereocenters. The predicted octanol–water partition coefficient (Wildman–Crippen LogP) is 3.69. The first-order chi connectivity index (χ1) is 12.2. The summed E-state index contributed by atoms with van der Waals surface area (Å²) in [6.45, 7) is 5.64. The van der Waals surface area contributed by atoms with E-state index in [0.29, 0.717) is 0 Å². The van der Waals surface area contributed by atoms with E-state index < -0.39 is 0 Å². The molecule has 0 radical (unpaired) electrons. The molecule has 0 spiro atoms. The Morgan fingerprint density at radius 2 is 1.96 bits per heavy atom. The van der Waals surface area contributed by atoms with Crippen LogP contribution in [0.3, 0.4) is 0 Å². The topological polar surface area (TPSA) is 59.2 Å². The number of para-hydroxylation sites is 2. The molecule has 0 fully saturated rings. The number of aromatic amines is 1. The van der Waals surface area contributed by atoms with Gasteiger partial charge in [0, 0.05) is 19.5 Å². The van der Waals surface area contributed by atoms with Gasteiger partial charge in [-0.3, -0.25) is 0 Å². The lowest BCUT2D eigenvalue weighted by Gasteiger charge is -2.14. The van der Waals surface area contributed by atoms with E-state index in [1.54, 1.807) is 7.11 Å². The van der Waals surface area contributed by atoms with E-state index >= 15 is 0 Å². The fourth-order valence-electron chi connectivity index (χ4n) is 2.74. The molecule has 0 aliphatic carbocycles. The third kappa shape index (κ3) is 4.51. The van der Waals surface area contributed by atoms with Crippen molar-refractivity contribution >= 4 is 11.0 Å². The first-order valence-corrected chi connectivity index (χ1v) is 8.63. The van der Waals surface area contributed by atoms with Crippen molar-refractivity contribution in [3.63, 3.8) is 0 Å². The zero-order chi connectivity index (χ0) is 17.6. The minimum absolute atomic E-state index is 0.127. The normalized spacial score (nSPS) is 11.2. The van der Waals surface area contributed by atoms with Gasteiger partial charge in [0.15, 0.2) is 11.5 Å². The number of H-pyrrole nitrogens is 1. The van der Waals surface area contributed by atoms with E-state index in [0.717, 1.165) is 53.4 Å². The molecule has 0 bridgehead atoms. The smallest absolute Gasteiger partial charge is 0.161 e. The largest absolute Gasteiger partial charge is 0.493 e. The Hall–Kier alpha value is -2.53. The molecule has 2 aromatic carbocycles. The van der Waals surface area contributed by atoms with E-state index in [9.17, 15) is 0 Å². The fraction of sp³-hybridized carbons (Fsp3) is 0.350. The van der Waals surface area contributed by atoms with Gasteiger partial charge >= 0.3 is 0 Å². The van der Waals surface area contributed by atoms with Gasteiger partial charge in [-0.25, -0.2) is 4.98 Å². The number of nitrogens with one attached hydrogen (secondary N) is 2. The molecule has 1 aromatic heterocycles. The number of methoxy groups -OCH3 is 1. The van der Waals surface area contributed by atoms with Gasteiger partial charge in [0.25, 0.3) is 0 Å². The number of hydrogen-bond donors (Lipinski definition) is 2. The average molecular weight is 339 g/mol. The van der Waals surface area contributed by atoms with Crippen molar-refractivity contribution in [2.24, 2.45) is 0 Å². The number of aromatic nitrogens is 2. The second-order valence-corrected chi connectivity index (χ2v) is 6.28. The molecule has 0 saturated carbocycles. The van der Waals surface area contributed by atoms with Gasteiger partial charge in [-0.1, -0.05) is 18.2 Å². The van der Waals surface area contributed by atoms with Gasteiger partial charge in [0.2, 0.25) is 0 Å². The summed E-state index contributed by atoms with van der Waals surface area (Å²) >= 11 is 0. The number of hydrogen-bond acceptors (Lipinski definition) is 4. The van der Waals surface area contributed by atoms with Crippen LogP contribution >= 0.6 is 0 Å². The van der Waals surface area contributed by atoms with Crippen molar-refractivity contribution in [1.82, 2.24) is 15.3 Å². The molecule has 0 atom stereocenters. The molecule has 0 aliphatic rings. The Morgan fingerprint density at radius 1 is 1.12 bits per heavy atom. The van der Waals surface area contributed by atoms with Crippen molar-refractivity contribution in [3.05, 3.63) is 53.9 Å². The molecule has 25 heavy (non-hydrogen) atoms. The molecule has 5 heteroatoms. The third-order valence-electron chi connectivity index (χ3n) is 3.90. The zero-order valence-corrected chi connectivity index (χ0v) is 15.0. The third-order valence-corrected chi connectivity index (χ3v) is 3.90. The molecule has 0 aliphatic heterocycles. The van der Waals surface area contributed by atoms with E-state index in [4.69, 9.17) is 9.47 Å². The maximum Gasteiger partial charge on any atom is 0.161 e. The van der Waals surface area contributed by atoms with Gasteiger partial charge < -0.3 is 19.8 Å². The molecule has 1 heterocycles. The van der Waals surface area contributed by atoms with Crippen LogP contribution in [0, 0.1) is 0 Å². The fourth-order valence-corrected chi connectivity index (χ4v) is 2.74. The highest BCUT2D eigenvalue weighted by molar-refractivity contribution is 5.74. The Labute approximate surface area is 148 Å². The standard InChI is InChI=1S/C20H25N3O2/c1-14(2)25-18-9-8-15(12-19(18)24-3)13-21-11-10-20-22-16-6-4-5-7-17(16)23-20/h4-9,12,14,21H,10-11,13H2,1-3H3,(H,22,23). The van der Waals surface area contributed by atoms with Gasteiger partial charge in [-0.2, -0.15) is 0 Å². The second-order valence-electron chi connectivity index (χ2n) is 6.28.